The number of benzene rings is 1. The lowest BCUT2D eigenvalue weighted by Crippen LogP contribution is -2.16. The molecule has 2 nitrogen and oxygen atoms in total. The molecule has 1 aromatic rings. The van der Waals surface area contributed by atoms with Gasteiger partial charge in [0.05, 0.1) is 6.61 Å². The van der Waals surface area contributed by atoms with Crippen LogP contribution >= 0.6 is 0 Å². The lowest BCUT2D eigenvalue weighted by atomic mass is 9.90. The molecule has 0 amide bonds. The van der Waals surface area contributed by atoms with Crippen LogP contribution in [0.3, 0.4) is 0 Å². The number of nitrogens with two attached hydrogens (primary N) is 1. The zero-order valence-electron chi connectivity index (χ0n) is 7.70. The summed E-state index contributed by atoms with van der Waals surface area (Å²) < 4.78 is 5.56. The van der Waals surface area contributed by atoms with E-state index in [1.165, 1.54) is 5.56 Å². The van der Waals surface area contributed by atoms with Crippen molar-refractivity contribution in [3.8, 4) is 5.75 Å². The maximum absolute atomic E-state index is 5.58. The van der Waals surface area contributed by atoms with Gasteiger partial charge in [0.1, 0.15) is 5.75 Å². The number of fused-ring (bicyclic) bond motifs is 1. The third-order valence-corrected chi connectivity index (χ3v) is 2.60. The second-order valence-corrected chi connectivity index (χ2v) is 3.45. The van der Waals surface area contributed by atoms with E-state index >= 15 is 0 Å². The van der Waals surface area contributed by atoms with Gasteiger partial charge in [0, 0.05) is 0 Å². The normalized spacial score (nSPS) is 20.5. The highest BCUT2D eigenvalue weighted by Gasteiger charge is 2.19. The van der Waals surface area contributed by atoms with Gasteiger partial charge in [-0.1, -0.05) is 18.2 Å². The van der Waals surface area contributed by atoms with E-state index in [2.05, 4.69) is 12.1 Å². The molecule has 1 aromatic carbocycles. The first-order valence-electron chi connectivity index (χ1n) is 4.83. The van der Waals surface area contributed by atoms with Gasteiger partial charge in [-0.05, 0) is 36.9 Å². The van der Waals surface area contributed by atoms with Crippen LogP contribution in [0.15, 0.2) is 24.3 Å². The maximum Gasteiger partial charge on any atom is 0.122 e. The Kier molecular flexibility index (Phi) is 2.50. The van der Waals surface area contributed by atoms with Crippen LogP contribution < -0.4 is 10.5 Å². The topological polar surface area (TPSA) is 35.2 Å². The monoisotopic (exact) mass is 177 g/mol. The van der Waals surface area contributed by atoms with E-state index in [0.29, 0.717) is 5.92 Å². The second kappa shape index (κ2) is 3.79. The van der Waals surface area contributed by atoms with Crippen molar-refractivity contribution in [2.24, 2.45) is 5.73 Å². The summed E-state index contributed by atoms with van der Waals surface area (Å²) in [5.74, 6) is 1.65. The lowest BCUT2D eigenvalue weighted by molar-refractivity contribution is 0.264. The molecule has 1 heterocycles. The molecule has 0 spiro atoms. The molecule has 0 radical (unpaired) electrons. The molecule has 1 aliphatic heterocycles. The standard InChI is InChI=1S/C11H15NO/c12-7-5-9-6-8-13-11-4-2-1-3-10(9)11/h1-4,9H,5-8,12H2. The zero-order chi connectivity index (χ0) is 9.10. The molecule has 0 aromatic heterocycles. The Balaban J connectivity index is 2.26. The highest BCUT2D eigenvalue weighted by Crippen LogP contribution is 2.34. The van der Waals surface area contributed by atoms with Crippen molar-refractivity contribution in [3.63, 3.8) is 0 Å². The first kappa shape index (κ1) is 8.57. The summed E-state index contributed by atoms with van der Waals surface area (Å²) in [5.41, 5.74) is 6.91. The summed E-state index contributed by atoms with van der Waals surface area (Å²) in [6.07, 6.45) is 2.18. The van der Waals surface area contributed by atoms with Crippen LogP contribution in [0.25, 0.3) is 0 Å². The molecule has 2 heteroatoms. The molecule has 1 aliphatic rings. The first-order valence-corrected chi connectivity index (χ1v) is 4.83. The number of rotatable bonds is 2. The zero-order valence-corrected chi connectivity index (χ0v) is 7.70. The van der Waals surface area contributed by atoms with Gasteiger partial charge in [0.25, 0.3) is 0 Å². The van der Waals surface area contributed by atoms with Gasteiger partial charge in [0.2, 0.25) is 0 Å². The average Bonchev–Trinajstić information content (AvgIpc) is 2.19. The van der Waals surface area contributed by atoms with Gasteiger partial charge in [0.15, 0.2) is 0 Å². The van der Waals surface area contributed by atoms with E-state index in [1.807, 2.05) is 12.1 Å². The van der Waals surface area contributed by atoms with E-state index in [4.69, 9.17) is 10.5 Å². The van der Waals surface area contributed by atoms with Gasteiger partial charge in [-0.3, -0.25) is 0 Å². The predicted molar refractivity (Wildman–Crippen MR) is 53.0 cm³/mol. The highest BCUT2D eigenvalue weighted by atomic mass is 16.5. The average molecular weight is 177 g/mol. The minimum absolute atomic E-state index is 0.606. The molecule has 0 saturated carbocycles. The molecule has 1 unspecified atom stereocenters. The van der Waals surface area contributed by atoms with Crippen molar-refractivity contribution < 1.29 is 4.74 Å². The summed E-state index contributed by atoms with van der Waals surface area (Å²) in [6.45, 7) is 1.60. The number of hydrogen-bond acceptors (Lipinski definition) is 2. The van der Waals surface area contributed by atoms with Gasteiger partial charge in [-0.2, -0.15) is 0 Å². The van der Waals surface area contributed by atoms with Crippen molar-refractivity contribution >= 4 is 0 Å². The smallest absolute Gasteiger partial charge is 0.122 e. The van der Waals surface area contributed by atoms with Crippen molar-refractivity contribution in [2.45, 2.75) is 18.8 Å². The molecule has 0 aliphatic carbocycles. The summed E-state index contributed by atoms with van der Waals surface area (Å²) >= 11 is 0. The summed E-state index contributed by atoms with van der Waals surface area (Å²) in [4.78, 5) is 0. The number of hydrogen-bond donors (Lipinski definition) is 1. The van der Waals surface area contributed by atoms with Crippen LogP contribution in [-0.4, -0.2) is 13.2 Å². The largest absolute Gasteiger partial charge is 0.493 e. The van der Waals surface area contributed by atoms with Gasteiger partial charge in [-0.15, -0.1) is 0 Å². The molecular formula is C11H15NO. The fourth-order valence-corrected chi connectivity index (χ4v) is 1.92. The van der Waals surface area contributed by atoms with Crippen molar-refractivity contribution in [1.82, 2.24) is 0 Å². The van der Waals surface area contributed by atoms with Gasteiger partial charge < -0.3 is 10.5 Å². The van der Waals surface area contributed by atoms with Crippen LogP contribution in [-0.2, 0) is 0 Å². The molecule has 2 N–H and O–H groups in total. The highest BCUT2D eigenvalue weighted by molar-refractivity contribution is 5.37. The van der Waals surface area contributed by atoms with Crippen LogP contribution in [0.4, 0.5) is 0 Å². The molecular weight excluding hydrogens is 162 g/mol. The molecule has 2 rings (SSSR count). The van der Waals surface area contributed by atoms with Crippen LogP contribution in [0.5, 0.6) is 5.75 Å². The van der Waals surface area contributed by atoms with Crippen LogP contribution in [0, 0.1) is 0 Å². The van der Waals surface area contributed by atoms with Gasteiger partial charge in [-0.25, -0.2) is 0 Å². The van der Waals surface area contributed by atoms with E-state index in [9.17, 15) is 0 Å². The third-order valence-electron chi connectivity index (χ3n) is 2.60. The Bertz CT molecular complexity index is 285. The van der Waals surface area contributed by atoms with E-state index in [-0.39, 0.29) is 0 Å². The van der Waals surface area contributed by atoms with Crippen molar-refractivity contribution in [3.05, 3.63) is 29.8 Å². The van der Waals surface area contributed by atoms with Crippen LogP contribution in [0.2, 0.25) is 0 Å². The van der Waals surface area contributed by atoms with E-state index in [1.54, 1.807) is 0 Å². The molecule has 13 heavy (non-hydrogen) atoms. The molecule has 1 atom stereocenters. The SMILES string of the molecule is NCCC1CCOc2ccccc21. The number of ether oxygens (including phenoxy) is 1. The molecule has 0 fully saturated rings. The predicted octanol–water partition coefficient (Wildman–Crippen LogP) is 1.90. The quantitative estimate of drug-likeness (QED) is 0.748. The summed E-state index contributed by atoms with van der Waals surface area (Å²) in [5, 5.41) is 0. The van der Waals surface area contributed by atoms with E-state index in [0.717, 1.165) is 31.7 Å². The first-order chi connectivity index (χ1) is 6.42. The maximum atomic E-state index is 5.58. The van der Waals surface area contributed by atoms with Crippen molar-refractivity contribution in [1.29, 1.82) is 0 Å². The lowest BCUT2D eigenvalue weighted by Gasteiger charge is -2.25. The minimum atomic E-state index is 0.606. The number of para-hydroxylation sites is 1. The second-order valence-electron chi connectivity index (χ2n) is 3.45. The fourth-order valence-electron chi connectivity index (χ4n) is 1.92. The minimum Gasteiger partial charge on any atom is -0.493 e. The Morgan fingerprint density at radius 3 is 3.08 bits per heavy atom. The fraction of sp³-hybridized carbons (Fsp3) is 0.455. The van der Waals surface area contributed by atoms with Crippen molar-refractivity contribution in [2.75, 3.05) is 13.2 Å². The molecule has 0 saturated heterocycles. The molecule has 0 bridgehead atoms. The summed E-state index contributed by atoms with van der Waals surface area (Å²) in [7, 11) is 0. The Morgan fingerprint density at radius 1 is 1.38 bits per heavy atom. The van der Waals surface area contributed by atoms with Gasteiger partial charge >= 0.3 is 0 Å². The van der Waals surface area contributed by atoms with E-state index < -0.39 is 0 Å². The Morgan fingerprint density at radius 2 is 2.23 bits per heavy atom. The van der Waals surface area contributed by atoms with Crippen LogP contribution in [0.1, 0.15) is 24.3 Å². The Hall–Kier alpha value is -1.02. The summed E-state index contributed by atoms with van der Waals surface area (Å²) in [6, 6.07) is 8.27. The molecule has 70 valence electrons. The Labute approximate surface area is 78.7 Å². The third kappa shape index (κ3) is 1.68.